The van der Waals surface area contributed by atoms with Gasteiger partial charge in [0.05, 0.1) is 0 Å². The highest BCUT2D eigenvalue weighted by atomic mass is 15.2. The Balaban J connectivity index is 2.64. The molecule has 1 heterocycles. The molecule has 0 aromatic heterocycles. The van der Waals surface area contributed by atoms with Crippen molar-refractivity contribution in [1.82, 2.24) is 4.90 Å². The summed E-state index contributed by atoms with van der Waals surface area (Å²) in [4.78, 5) is 2.65. The molecule has 0 spiro atoms. The maximum absolute atomic E-state index is 5.87. The van der Waals surface area contributed by atoms with Gasteiger partial charge in [-0.2, -0.15) is 0 Å². The third kappa shape index (κ3) is 2.48. The second kappa shape index (κ2) is 5.13. The van der Waals surface area contributed by atoms with E-state index in [-0.39, 0.29) is 0 Å². The first-order chi connectivity index (χ1) is 6.57. The molecule has 2 nitrogen and oxygen atoms in total. The predicted octanol–water partition coefficient (Wildman–Crippen LogP) is 2.09. The van der Waals surface area contributed by atoms with Crippen LogP contribution in [-0.2, 0) is 0 Å². The lowest BCUT2D eigenvalue weighted by atomic mass is 9.97. The van der Waals surface area contributed by atoms with Crippen molar-refractivity contribution in [2.24, 2.45) is 17.6 Å². The third-order valence-corrected chi connectivity index (χ3v) is 3.55. The van der Waals surface area contributed by atoms with Gasteiger partial charge in [0.1, 0.15) is 0 Å². The zero-order valence-electron chi connectivity index (χ0n) is 10.2. The van der Waals surface area contributed by atoms with Crippen LogP contribution in [0, 0.1) is 11.8 Å². The molecule has 1 saturated heterocycles. The molecule has 2 atom stereocenters. The zero-order chi connectivity index (χ0) is 10.7. The van der Waals surface area contributed by atoms with Gasteiger partial charge in [-0.05, 0) is 31.2 Å². The molecule has 0 aromatic carbocycles. The van der Waals surface area contributed by atoms with Crippen LogP contribution < -0.4 is 5.73 Å². The van der Waals surface area contributed by atoms with Crippen molar-refractivity contribution in [3.8, 4) is 0 Å². The standard InChI is InChI=1S/C12H26N2/c1-9(2)11-6-5-7-14(11)12(8-13)10(3)4/h9-12H,5-8,13H2,1-4H3. The summed E-state index contributed by atoms with van der Waals surface area (Å²) in [6, 6.07) is 1.36. The maximum Gasteiger partial charge on any atom is 0.0244 e. The maximum atomic E-state index is 5.87. The molecule has 0 aliphatic carbocycles. The van der Waals surface area contributed by atoms with E-state index in [9.17, 15) is 0 Å². The van der Waals surface area contributed by atoms with Gasteiger partial charge in [0, 0.05) is 18.6 Å². The molecule has 1 aliphatic heterocycles. The molecule has 2 N–H and O–H groups in total. The second-order valence-corrected chi connectivity index (χ2v) is 5.24. The minimum absolute atomic E-state index is 0.588. The van der Waals surface area contributed by atoms with Crippen molar-refractivity contribution >= 4 is 0 Å². The summed E-state index contributed by atoms with van der Waals surface area (Å²) in [5.41, 5.74) is 5.87. The van der Waals surface area contributed by atoms with Crippen LogP contribution in [0.3, 0.4) is 0 Å². The Hall–Kier alpha value is -0.0800. The Morgan fingerprint density at radius 2 is 1.93 bits per heavy atom. The summed E-state index contributed by atoms with van der Waals surface area (Å²) in [7, 11) is 0. The van der Waals surface area contributed by atoms with Gasteiger partial charge in [-0.25, -0.2) is 0 Å². The highest BCUT2D eigenvalue weighted by Crippen LogP contribution is 2.27. The fourth-order valence-corrected chi connectivity index (χ4v) is 2.73. The van der Waals surface area contributed by atoms with Gasteiger partial charge >= 0.3 is 0 Å². The molecule has 14 heavy (non-hydrogen) atoms. The smallest absolute Gasteiger partial charge is 0.0244 e. The molecule has 0 aromatic rings. The fraction of sp³-hybridized carbons (Fsp3) is 1.00. The molecular formula is C12H26N2. The number of nitrogens with zero attached hydrogens (tertiary/aromatic N) is 1. The summed E-state index contributed by atoms with van der Waals surface area (Å²) in [5, 5.41) is 0. The Labute approximate surface area is 88.8 Å². The van der Waals surface area contributed by atoms with Crippen molar-refractivity contribution in [3.05, 3.63) is 0 Å². The van der Waals surface area contributed by atoms with E-state index in [1.807, 2.05) is 0 Å². The molecule has 0 saturated carbocycles. The minimum atomic E-state index is 0.588. The quantitative estimate of drug-likeness (QED) is 0.749. The first kappa shape index (κ1) is 12.0. The summed E-state index contributed by atoms with van der Waals surface area (Å²) in [6.45, 7) is 11.3. The van der Waals surface area contributed by atoms with E-state index in [0.29, 0.717) is 12.0 Å². The van der Waals surface area contributed by atoms with Crippen molar-refractivity contribution in [2.45, 2.75) is 52.6 Å². The van der Waals surface area contributed by atoms with Crippen molar-refractivity contribution < 1.29 is 0 Å². The van der Waals surface area contributed by atoms with E-state index >= 15 is 0 Å². The zero-order valence-corrected chi connectivity index (χ0v) is 10.2. The average Bonchev–Trinajstić information content (AvgIpc) is 2.53. The molecule has 1 fully saturated rings. The minimum Gasteiger partial charge on any atom is -0.329 e. The first-order valence-electron chi connectivity index (χ1n) is 6.03. The van der Waals surface area contributed by atoms with Gasteiger partial charge in [0.2, 0.25) is 0 Å². The normalized spacial score (nSPS) is 26.4. The molecule has 0 radical (unpaired) electrons. The van der Waals surface area contributed by atoms with E-state index < -0.39 is 0 Å². The average molecular weight is 198 g/mol. The predicted molar refractivity (Wildman–Crippen MR) is 62.2 cm³/mol. The van der Waals surface area contributed by atoms with Crippen LogP contribution in [0.2, 0.25) is 0 Å². The Morgan fingerprint density at radius 3 is 2.36 bits per heavy atom. The van der Waals surface area contributed by atoms with E-state index in [1.165, 1.54) is 19.4 Å². The number of hydrogen-bond acceptors (Lipinski definition) is 2. The third-order valence-electron chi connectivity index (χ3n) is 3.55. The lowest BCUT2D eigenvalue weighted by Gasteiger charge is -2.36. The lowest BCUT2D eigenvalue weighted by molar-refractivity contribution is 0.118. The van der Waals surface area contributed by atoms with Crippen LogP contribution in [0.15, 0.2) is 0 Å². The molecule has 0 amide bonds. The van der Waals surface area contributed by atoms with Gasteiger partial charge in [0.15, 0.2) is 0 Å². The number of likely N-dealkylation sites (tertiary alicyclic amines) is 1. The largest absolute Gasteiger partial charge is 0.329 e. The highest BCUT2D eigenvalue weighted by Gasteiger charge is 2.32. The van der Waals surface area contributed by atoms with Gasteiger partial charge in [0.25, 0.3) is 0 Å². The summed E-state index contributed by atoms with van der Waals surface area (Å²) in [6.07, 6.45) is 2.72. The van der Waals surface area contributed by atoms with Crippen LogP contribution in [-0.4, -0.2) is 30.1 Å². The first-order valence-corrected chi connectivity index (χ1v) is 6.03. The Morgan fingerprint density at radius 1 is 1.29 bits per heavy atom. The Kier molecular flexibility index (Phi) is 4.39. The van der Waals surface area contributed by atoms with E-state index in [2.05, 4.69) is 32.6 Å². The molecule has 1 rings (SSSR count). The van der Waals surface area contributed by atoms with Crippen LogP contribution in [0.4, 0.5) is 0 Å². The monoisotopic (exact) mass is 198 g/mol. The van der Waals surface area contributed by atoms with Gasteiger partial charge in [-0.15, -0.1) is 0 Å². The van der Waals surface area contributed by atoms with Gasteiger partial charge < -0.3 is 5.73 Å². The summed E-state index contributed by atoms with van der Waals surface area (Å²) >= 11 is 0. The fourth-order valence-electron chi connectivity index (χ4n) is 2.73. The second-order valence-electron chi connectivity index (χ2n) is 5.24. The van der Waals surface area contributed by atoms with Crippen LogP contribution >= 0.6 is 0 Å². The molecule has 2 unspecified atom stereocenters. The lowest BCUT2D eigenvalue weighted by Crippen LogP contribution is -2.48. The van der Waals surface area contributed by atoms with Crippen molar-refractivity contribution in [3.63, 3.8) is 0 Å². The highest BCUT2D eigenvalue weighted by molar-refractivity contribution is 4.88. The van der Waals surface area contributed by atoms with Crippen molar-refractivity contribution in [2.75, 3.05) is 13.1 Å². The van der Waals surface area contributed by atoms with Crippen LogP contribution in [0.1, 0.15) is 40.5 Å². The van der Waals surface area contributed by atoms with E-state index in [4.69, 9.17) is 5.73 Å². The summed E-state index contributed by atoms with van der Waals surface area (Å²) < 4.78 is 0. The molecule has 84 valence electrons. The SMILES string of the molecule is CC(C)C(CN)N1CCCC1C(C)C. The summed E-state index contributed by atoms with van der Waals surface area (Å²) in [5.74, 6) is 1.45. The number of hydrogen-bond donors (Lipinski definition) is 1. The topological polar surface area (TPSA) is 29.3 Å². The molecular weight excluding hydrogens is 172 g/mol. The Bertz CT molecular complexity index is 166. The van der Waals surface area contributed by atoms with Gasteiger partial charge in [-0.1, -0.05) is 27.7 Å². The molecule has 0 bridgehead atoms. The molecule has 2 heteroatoms. The molecule has 1 aliphatic rings. The van der Waals surface area contributed by atoms with Crippen LogP contribution in [0.5, 0.6) is 0 Å². The van der Waals surface area contributed by atoms with E-state index in [0.717, 1.165) is 18.5 Å². The van der Waals surface area contributed by atoms with E-state index in [1.54, 1.807) is 0 Å². The van der Waals surface area contributed by atoms with Crippen LogP contribution in [0.25, 0.3) is 0 Å². The van der Waals surface area contributed by atoms with Gasteiger partial charge in [-0.3, -0.25) is 4.90 Å². The number of rotatable bonds is 4. The number of nitrogens with two attached hydrogens (primary N) is 1. The van der Waals surface area contributed by atoms with Crippen molar-refractivity contribution in [1.29, 1.82) is 0 Å².